The number of aromatic nitrogens is 2. The molecule has 0 aliphatic carbocycles. The van der Waals surface area contributed by atoms with Crippen LogP contribution >= 0.6 is 23.1 Å². The number of thioether (sulfide) groups is 1. The van der Waals surface area contributed by atoms with Gasteiger partial charge in [-0.15, -0.1) is 21.5 Å². The molecular formula is C18H17N3OS2. The van der Waals surface area contributed by atoms with E-state index in [2.05, 4.69) is 21.6 Å². The van der Waals surface area contributed by atoms with Crippen LogP contribution in [0.1, 0.15) is 11.1 Å². The number of nitrogens with one attached hydrogen (secondary N) is 1. The van der Waals surface area contributed by atoms with Crippen LogP contribution in [0.15, 0.2) is 52.9 Å². The molecule has 24 heavy (non-hydrogen) atoms. The third kappa shape index (κ3) is 4.21. The van der Waals surface area contributed by atoms with Crippen LogP contribution in [0.4, 0.5) is 5.69 Å². The molecule has 2 heterocycles. The van der Waals surface area contributed by atoms with Crippen molar-refractivity contribution in [1.82, 2.24) is 10.2 Å². The lowest BCUT2D eigenvalue weighted by molar-refractivity contribution is -0.113. The monoisotopic (exact) mass is 355 g/mol. The van der Waals surface area contributed by atoms with Gasteiger partial charge in [0.15, 0.2) is 0 Å². The van der Waals surface area contributed by atoms with E-state index in [0.717, 1.165) is 26.8 Å². The Labute approximate surface area is 149 Å². The standard InChI is InChI=1S/C18H17N3OS2/c1-12-5-6-14(13(2)10-12)19-17(22)11-24-18-8-7-15(20-21-18)16-4-3-9-23-16/h3-10H,11H2,1-2H3,(H,19,22). The Balaban J connectivity index is 1.56. The van der Waals surface area contributed by atoms with Gasteiger partial charge >= 0.3 is 0 Å². The highest BCUT2D eigenvalue weighted by Gasteiger charge is 2.08. The predicted molar refractivity (Wildman–Crippen MR) is 101 cm³/mol. The number of benzene rings is 1. The van der Waals surface area contributed by atoms with Crippen molar-refractivity contribution in [3.8, 4) is 10.6 Å². The van der Waals surface area contributed by atoms with Crippen molar-refractivity contribution in [1.29, 1.82) is 0 Å². The largest absolute Gasteiger partial charge is 0.325 e. The van der Waals surface area contributed by atoms with E-state index in [1.807, 2.05) is 55.6 Å². The Morgan fingerprint density at radius 2 is 2.04 bits per heavy atom. The fourth-order valence-corrected chi connectivity index (χ4v) is 3.54. The van der Waals surface area contributed by atoms with E-state index < -0.39 is 0 Å². The molecule has 122 valence electrons. The molecule has 3 aromatic rings. The van der Waals surface area contributed by atoms with Gasteiger partial charge in [0.1, 0.15) is 10.7 Å². The molecule has 0 atom stereocenters. The fraction of sp³-hybridized carbons (Fsp3) is 0.167. The summed E-state index contributed by atoms with van der Waals surface area (Å²) >= 11 is 3.01. The molecule has 1 N–H and O–H groups in total. The summed E-state index contributed by atoms with van der Waals surface area (Å²) in [4.78, 5) is 13.2. The van der Waals surface area contributed by atoms with Gasteiger partial charge in [0.2, 0.25) is 5.91 Å². The number of aryl methyl sites for hydroxylation is 2. The van der Waals surface area contributed by atoms with E-state index in [4.69, 9.17) is 0 Å². The van der Waals surface area contributed by atoms with E-state index in [1.54, 1.807) is 11.3 Å². The molecule has 0 bridgehead atoms. The first kappa shape index (κ1) is 16.7. The first-order valence-electron chi connectivity index (χ1n) is 7.49. The summed E-state index contributed by atoms with van der Waals surface area (Å²) in [6.07, 6.45) is 0. The summed E-state index contributed by atoms with van der Waals surface area (Å²) in [6.45, 7) is 4.03. The summed E-state index contributed by atoms with van der Waals surface area (Å²) in [7, 11) is 0. The topological polar surface area (TPSA) is 54.9 Å². The zero-order chi connectivity index (χ0) is 16.9. The number of carbonyl (C=O) groups is 1. The number of hydrogen-bond acceptors (Lipinski definition) is 5. The second-order valence-electron chi connectivity index (χ2n) is 5.39. The third-order valence-electron chi connectivity index (χ3n) is 3.42. The summed E-state index contributed by atoms with van der Waals surface area (Å²) in [5.74, 6) is 0.261. The molecule has 0 spiro atoms. The minimum absolute atomic E-state index is 0.0453. The molecule has 0 saturated heterocycles. The Morgan fingerprint density at radius 3 is 2.71 bits per heavy atom. The van der Waals surface area contributed by atoms with Gasteiger partial charge in [0, 0.05) is 5.69 Å². The minimum atomic E-state index is -0.0453. The number of anilines is 1. The Bertz CT molecular complexity index is 830. The SMILES string of the molecule is Cc1ccc(NC(=O)CSc2ccc(-c3cccs3)nn2)c(C)c1. The lowest BCUT2D eigenvalue weighted by atomic mass is 10.1. The van der Waals surface area contributed by atoms with Gasteiger partial charge in [-0.25, -0.2) is 0 Å². The molecular weight excluding hydrogens is 338 g/mol. The van der Waals surface area contributed by atoms with Gasteiger partial charge in [-0.1, -0.05) is 35.5 Å². The van der Waals surface area contributed by atoms with Crippen molar-refractivity contribution in [2.24, 2.45) is 0 Å². The average Bonchev–Trinajstić information content (AvgIpc) is 3.11. The maximum Gasteiger partial charge on any atom is 0.234 e. The van der Waals surface area contributed by atoms with Gasteiger partial charge < -0.3 is 5.32 Å². The molecule has 0 unspecified atom stereocenters. The van der Waals surface area contributed by atoms with Gasteiger partial charge in [0.25, 0.3) is 0 Å². The van der Waals surface area contributed by atoms with Crippen LogP contribution in [-0.2, 0) is 4.79 Å². The molecule has 0 fully saturated rings. The van der Waals surface area contributed by atoms with Gasteiger partial charge in [-0.2, -0.15) is 0 Å². The van der Waals surface area contributed by atoms with E-state index in [1.165, 1.54) is 17.3 Å². The number of nitrogens with zero attached hydrogens (tertiary/aromatic N) is 2. The number of amides is 1. The van der Waals surface area contributed by atoms with Crippen LogP contribution in [0.2, 0.25) is 0 Å². The van der Waals surface area contributed by atoms with Crippen LogP contribution in [0.3, 0.4) is 0 Å². The lowest BCUT2D eigenvalue weighted by Gasteiger charge is -2.08. The molecule has 0 aliphatic rings. The molecule has 1 aromatic carbocycles. The highest BCUT2D eigenvalue weighted by Crippen LogP contribution is 2.24. The van der Waals surface area contributed by atoms with E-state index in [9.17, 15) is 4.79 Å². The summed E-state index contributed by atoms with van der Waals surface area (Å²) in [5, 5.41) is 14.1. The van der Waals surface area contributed by atoms with E-state index in [-0.39, 0.29) is 5.91 Å². The normalized spacial score (nSPS) is 10.6. The van der Waals surface area contributed by atoms with Gasteiger partial charge in [-0.3, -0.25) is 4.79 Å². The highest BCUT2D eigenvalue weighted by atomic mass is 32.2. The van der Waals surface area contributed by atoms with Crippen molar-refractivity contribution >= 4 is 34.7 Å². The van der Waals surface area contributed by atoms with Crippen molar-refractivity contribution in [2.75, 3.05) is 11.1 Å². The molecule has 2 aromatic heterocycles. The number of carbonyl (C=O) groups excluding carboxylic acids is 1. The molecule has 4 nitrogen and oxygen atoms in total. The van der Waals surface area contributed by atoms with Gasteiger partial charge in [-0.05, 0) is 49.1 Å². The van der Waals surface area contributed by atoms with Crippen LogP contribution in [0.25, 0.3) is 10.6 Å². The Kier molecular flexibility index (Phi) is 5.27. The maximum absolute atomic E-state index is 12.1. The smallest absolute Gasteiger partial charge is 0.234 e. The lowest BCUT2D eigenvalue weighted by Crippen LogP contribution is -2.15. The van der Waals surface area contributed by atoms with Crippen LogP contribution in [0.5, 0.6) is 0 Å². The van der Waals surface area contributed by atoms with Crippen LogP contribution in [0, 0.1) is 13.8 Å². The van der Waals surface area contributed by atoms with Crippen LogP contribution in [-0.4, -0.2) is 21.9 Å². The molecule has 1 amide bonds. The highest BCUT2D eigenvalue weighted by molar-refractivity contribution is 7.99. The molecule has 0 aliphatic heterocycles. The summed E-state index contributed by atoms with van der Waals surface area (Å²) in [5.41, 5.74) is 3.95. The zero-order valence-electron chi connectivity index (χ0n) is 13.4. The van der Waals surface area contributed by atoms with E-state index in [0.29, 0.717) is 5.75 Å². The number of rotatable bonds is 5. The first-order valence-corrected chi connectivity index (χ1v) is 9.36. The van der Waals surface area contributed by atoms with Gasteiger partial charge in [0.05, 0.1) is 10.6 Å². The summed E-state index contributed by atoms with van der Waals surface area (Å²) < 4.78 is 0. The van der Waals surface area contributed by atoms with Crippen molar-refractivity contribution in [3.63, 3.8) is 0 Å². The first-order chi connectivity index (χ1) is 11.6. The minimum Gasteiger partial charge on any atom is -0.325 e. The van der Waals surface area contributed by atoms with Crippen molar-refractivity contribution < 1.29 is 4.79 Å². The quantitative estimate of drug-likeness (QED) is 0.682. The van der Waals surface area contributed by atoms with E-state index >= 15 is 0 Å². The zero-order valence-corrected chi connectivity index (χ0v) is 15.1. The average molecular weight is 355 g/mol. The fourth-order valence-electron chi connectivity index (χ4n) is 2.23. The maximum atomic E-state index is 12.1. The molecule has 0 saturated carbocycles. The number of thiophene rings is 1. The third-order valence-corrected chi connectivity index (χ3v) is 5.23. The Hall–Kier alpha value is -2.18. The second kappa shape index (κ2) is 7.59. The van der Waals surface area contributed by atoms with Crippen LogP contribution < -0.4 is 5.32 Å². The Morgan fingerprint density at radius 1 is 1.17 bits per heavy atom. The van der Waals surface area contributed by atoms with Crippen molar-refractivity contribution in [2.45, 2.75) is 18.9 Å². The molecule has 0 radical (unpaired) electrons. The molecule has 3 rings (SSSR count). The van der Waals surface area contributed by atoms with Crippen molar-refractivity contribution in [3.05, 3.63) is 59.0 Å². The second-order valence-corrected chi connectivity index (χ2v) is 7.33. The predicted octanol–water partition coefficient (Wildman–Crippen LogP) is 4.55. The molecule has 6 heteroatoms. The number of hydrogen-bond donors (Lipinski definition) is 1. The summed E-state index contributed by atoms with van der Waals surface area (Å²) in [6, 6.07) is 13.8.